The van der Waals surface area contributed by atoms with E-state index in [4.69, 9.17) is 4.74 Å². The highest BCUT2D eigenvalue weighted by atomic mass is 16.5. The van der Waals surface area contributed by atoms with Gasteiger partial charge in [0.25, 0.3) is 5.56 Å². The van der Waals surface area contributed by atoms with Crippen molar-refractivity contribution in [2.75, 3.05) is 0 Å². The maximum atomic E-state index is 12.5. The molecule has 0 atom stereocenters. The van der Waals surface area contributed by atoms with Crippen LogP contribution < -0.4 is 5.56 Å². The van der Waals surface area contributed by atoms with Crippen molar-refractivity contribution in [1.82, 2.24) is 19.3 Å². The van der Waals surface area contributed by atoms with Crippen LogP contribution in [-0.2, 0) is 16.1 Å². The standard InChI is InChI=1S/C16H16N4O3/c1-11(2)23-14(21)9-19-10-17-15-13(16(19)22)8-18-20(15)12-6-4-3-5-7-12/h3-8,10-11H,9H2,1-2H3. The number of ether oxygens (including phenoxy) is 1. The first-order valence-electron chi connectivity index (χ1n) is 7.24. The van der Waals surface area contributed by atoms with Gasteiger partial charge in [-0.1, -0.05) is 18.2 Å². The van der Waals surface area contributed by atoms with E-state index in [1.54, 1.807) is 18.5 Å². The number of carbonyl (C=O) groups excluding carboxylic acids is 1. The number of carbonyl (C=O) groups is 1. The number of nitrogens with zero attached hydrogens (tertiary/aromatic N) is 4. The lowest BCUT2D eigenvalue weighted by Crippen LogP contribution is -2.26. The van der Waals surface area contributed by atoms with Crippen LogP contribution in [0.5, 0.6) is 0 Å². The lowest BCUT2D eigenvalue weighted by Gasteiger charge is -2.09. The summed E-state index contributed by atoms with van der Waals surface area (Å²) in [6.07, 6.45) is 2.57. The van der Waals surface area contributed by atoms with Crippen LogP contribution in [0.4, 0.5) is 0 Å². The van der Waals surface area contributed by atoms with Crippen LogP contribution in [-0.4, -0.2) is 31.4 Å². The molecule has 0 spiro atoms. The maximum Gasteiger partial charge on any atom is 0.326 e. The van der Waals surface area contributed by atoms with Gasteiger partial charge in [-0.2, -0.15) is 5.10 Å². The fourth-order valence-corrected chi connectivity index (χ4v) is 2.26. The second kappa shape index (κ2) is 6.04. The third kappa shape index (κ3) is 2.98. The van der Waals surface area contributed by atoms with Crippen molar-refractivity contribution in [3.8, 4) is 5.69 Å². The van der Waals surface area contributed by atoms with Gasteiger partial charge >= 0.3 is 5.97 Å². The van der Waals surface area contributed by atoms with Gasteiger partial charge in [0.05, 0.1) is 18.0 Å². The van der Waals surface area contributed by atoms with Gasteiger partial charge in [0.2, 0.25) is 0 Å². The normalized spacial score (nSPS) is 11.1. The summed E-state index contributed by atoms with van der Waals surface area (Å²) >= 11 is 0. The van der Waals surface area contributed by atoms with Crippen molar-refractivity contribution in [2.45, 2.75) is 26.5 Å². The molecule has 0 aliphatic heterocycles. The number of hydrogen-bond acceptors (Lipinski definition) is 5. The quantitative estimate of drug-likeness (QED) is 0.683. The summed E-state index contributed by atoms with van der Waals surface area (Å²) in [5, 5.41) is 4.57. The van der Waals surface area contributed by atoms with Crippen molar-refractivity contribution >= 4 is 17.0 Å². The Kier molecular flexibility index (Phi) is 3.92. The Hall–Kier alpha value is -2.96. The average Bonchev–Trinajstić information content (AvgIpc) is 2.95. The Morgan fingerprint density at radius 2 is 2.00 bits per heavy atom. The molecular formula is C16H16N4O3. The molecule has 118 valence electrons. The average molecular weight is 312 g/mol. The van der Waals surface area contributed by atoms with Crippen molar-refractivity contribution in [2.24, 2.45) is 0 Å². The predicted octanol–water partition coefficient (Wildman–Crippen LogP) is 1.53. The number of benzene rings is 1. The molecule has 0 fully saturated rings. The molecule has 1 aromatic carbocycles. The van der Waals surface area contributed by atoms with Crippen molar-refractivity contribution in [3.05, 3.63) is 53.2 Å². The smallest absolute Gasteiger partial charge is 0.326 e. The summed E-state index contributed by atoms with van der Waals surface area (Å²) in [5.41, 5.74) is 0.943. The first-order chi connectivity index (χ1) is 11.1. The van der Waals surface area contributed by atoms with Gasteiger partial charge < -0.3 is 4.74 Å². The molecule has 0 radical (unpaired) electrons. The minimum atomic E-state index is -0.473. The second-order valence-corrected chi connectivity index (χ2v) is 5.35. The van der Waals surface area contributed by atoms with E-state index in [0.29, 0.717) is 11.0 Å². The number of rotatable bonds is 4. The molecule has 0 N–H and O–H groups in total. The van der Waals surface area contributed by atoms with E-state index >= 15 is 0 Å². The van der Waals surface area contributed by atoms with Crippen molar-refractivity contribution < 1.29 is 9.53 Å². The minimum Gasteiger partial charge on any atom is -0.462 e. The highest BCUT2D eigenvalue weighted by Gasteiger charge is 2.14. The summed E-state index contributed by atoms with van der Waals surface area (Å²) in [6.45, 7) is 3.34. The summed E-state index contributed by atoms with van der Waals surface area (Å²) in [4.78, 5) is 28.4. The summed E-state index contributed by atoms with van der Waals surface area (Å²) in [5.74, 6) is -0.473. The SMILES string of the molecule is CC(C)OC(=O)Cn1cnc2c(cnn2-c2ccccc2)c1=O. The van der Waals surface area contributed by atoms with E-state index in [1.165, 1.54) is 17.1 Å². The Morgan fingerprint density at radius 1 is 1.26 bits per heavy atom. The Balaban J connectivity index is 1.99. The fraction of sp³-hybridized carbons (Fsp3) is 0.250. The van der Waals surface area contributed by atoms with Crippen LogP contribution in [0.3, 0.4) is 0 Å². The van der Waals surface area contributed by atoms with Gasteiger partial charge in [-0.05, 0) is 26.0 Å². The second-order valence-electron chi connectivity index (χ2n) is 5.35. The number of esters is 1. The zero-order valence-corrected chi connectivity index (χ0v) is 12.8. The molecule has 0 aliphatic carbocycles. The van der Waals surface area contributed by atoms with E-state index in [1.807, 2.05) is 30.3 Å². The molecular weight excluding hydrogens is 296 g/mol. The predicted molar refractivity (Wildman–Crippen MR) is 84.4 cm³/mol. The van der Waals surface area contributed by atoms with Crippen LogP contribution in [0.1, 0.15) is 13.8 Å². The molecule has 0 amide bonds. The molecule has 7 heteroatoms. The van der Waals surface area contributed by atoms with Crippen LogP contribution in [0, 0.1) is 0 Å². The number of hydrogen-bond donors (Lipinski definition) is 0. The first kappa shape index (κ1) is 15.0. The monoisotopic (exact) mass is 312 g/mol. The molecule has 0 aliphatic rings. The van der Waals surface area contributed by atoms with Crippen LogP contribution in [0.15, 0.2) is 47.7 Å². The molecule has 3 rings (SSSR count). The molecule has 23 heavy (non-hydrogen) atoms. The Labute approximate surface area is 132 Å². The number of para-hydroxylation sites is 1. The van der Waals surface area contributed by atoms with Crippen LogP contribution >= 0.6 is 0 Å². The highest BCUT2D eigenvalue weighted by Crippen LogP contribution is 2.12. The molecule has 0 saturated heterocycles. The lowest BCUT2D eigenvalue weighted by atomic mass is 10.3. The topological polar surface area (TPSA) is 79.0 Å². The lowest BCUT2D eigenvalue weighted by molar-refractivity contribution is -0.148. The third-order valence-electron chi connectivity index (χ3n) is 3.22. The highest BCUT2D eigenvalue weighted by molar-refractivity contribution is 5.75. The molecule has 2 aromatic heterocycles. The van der Waals surface area contributed by atoms with E-state index in [2.05, 4.69) is 10.1 Å². The van der Waals surface area contributed by atoms with Crippen LogP contribution in [0.25, 0.3) is 16.7 Å². The van der Waals surface area contributed by atoms with E-state index in [0.717, 1.165) is 5.69 Å². The van der Waals surface area contributed by atoms with Gasteiger partial charge in [-0.15, -0.1) is 0 Å². The van der Waals surface area contributed by atoms with Gasteiger partial charge in [0.15, 0.2) is 5.65 Å². The fourth-order valence-electron chi connectivity index (χ4n) is 2.26. The molecule has 3 aromatic rings. The van der Waals surface area contributed by atoms with E-state index < -0.39 is 5.97 Å². The molecule has 2 heterocycles. The summed E-state index contributed by atoms with van der Waals surface area (Å²) in [7, 11) is 0. The van der Waals surface area contributed by atoms with Crippen molar-refractivity contribution in [1.29, 1.82) is 0 Å². The van der Waals surface area contributed by atoms with E-state index in [9.17, 15) is 9.59 Å². The molecule has 0 bridgehead atoms. The minimum absolute atomic E-state index is 0.170. The maximum absolute atomic E-state index is 12.5. The molecule has 0 saturated carbocycles. The largest absolute Gasteiger partial charge is 0.462 e. The van der Waals surface area contributed by atoms with E-state index in [-0.39, 0.29) is 18.2 Å². The Bertz CT molecular complexity index is 897. The summed E-state index contributed by atoms with van der Waals surface area (Å²) in [6, 6.07) is 9.41. The van der Waals surface area contributed by atoms with Gasteiger partial charge in [0.1, 0.15) is 18.3 Å². The zero-order valence-electron chi connectivity index (χ0n) is 12.8. The molecule has 0 unspecified atom stereocenters. The number of fused-ring (bicyclic) bond motifs is 1. The third-order valence-corrected chi connectivity index (χ3v) is 3.22. The van der Waals surface area contributed by atoms with Crippen LogP contribution in [0.2, 0.25) is 0 Å². The van der Waals surface area contributed by atoms with Gasteiger partial charge in [-0.3, -0.25) is 14.2 Å². The van der Waals surface area contributed by atoms with Crippen molar-refractivity contribution in [3.63, 3.8) is 0 Å². The number of aromatic nitrogens is 4. The van der Waals surface area contributed by atoms with Gasteiger partial charge in [-0.25, -0.2) is 9.67 Å². The zero-order chi connectivity index (χ0) is 16.4. The first-order valence-corrected chi connectivity index (χ1v) is 7.24. The summed E-state index contributed by atoms with van der Waals surface area (Å²) < 4.78 is 7.87. The Morgan fingerprint density at radius 3 is 2.70 bits per heavy atom. The molecule has 7 nitrogen and oxygen atoms in total. The van der Waals surface area contributed by atoms with Gasteiger partial charge in [0, 0.05) is 0 Å².